The number of hydrogen-bond acceptors (Lipinski definition) is 5. The van der Waals surface area contributed by atoms with Gasteiger partial charge in [-0.15, -0.1) is 0 Å². The van der Waals surface area contributed by atoms with Gasteiger partial charge in [-0.05, 0) is 38.2 Å². The Morgan fingerprint density at radius 3 is 2.75 bits per heavy atom. The van der Waals surface area contributed by atoms with Crippen molar-refractivity contribution in [2.75, 3.05) is 18.0 Å². The molecule has 128 valence electrons. The van der Waals surface area contributed by atoms with Crippen LogP contribution in [-0.2, 0) is 0 Å². The summed E-state index contributed by atoms with van der Waals surface area (Å²) in [5.74, 6) is -0.0592. The van der Waals surface area contributed by atoms with E-state index in [4.69, 9.17) is 5.73 Å². The SMILES string of the molecule is C[C@@H](N)[C@H]1CCN(c2nc3c(cc2F)c(=O)[nH]c(=O)n3C2CC2)C1. The predicted octanol–water partition coefficient (Wildman–Crippen LogP) is 0.732. The maximum atomic E-state index is 14.6. The van der Waals surface area contributed by atoms with Gasteiger partial charge in [-0.1, -0.05) is 0 Å². The average Bonchev–Trinajstić information content (AvgIpc) is 3.22. The number of fused-ring (bicyclic) bond motifs is 1. The van der Waals surface area contributed by atoms with Crippen LogP contribution in [0.1, 0.15) is 32.2 Å². The summed E-state index contributed by atoms with van der Waals surface area (Å²) in [6.07, 6.45) is 2.61. The quantitative estimate of drug-likeness (QED) is 0.863. The number of aromatic amines is 1. The van der Waals surface area contributed by atoms with E-state index < -0.39 is 17.1 Å². The number of halogens is 1. The highest BCUT2D eigenvalue weighted by Gasteiger charge is 2.31. The fourth-order valence-corrected chi connectivity index (χ4v) is 3.44. The maximum absolute atomic E-state index is 14.6. The molecule has 8 heteroatoms. The van der Waals surface area contributed by atoms with Gasteiger partial charge >= 0.3 is 5.69 Å². The smallest absolute Gasteiger partial charge is 0.330 e. The van der Waals surface area contributed by atoms with E-state index in [2.05, 4.69) is 9.97 Å². The molecule has 2 atom stereocenters. The number of H-pyrrole nitrogens is 1. The molecule has 1 aliphatic heterocycles. The summed E-state index contributed by atoms with van der Waals surface area (Å²) in [6.45, 7) is 3.24. The van der Waals surface area contributed by atoms with Crippen molar-refractivity contribution in [3.8, 4) is 0 Å². The van der Waals surface area contributed by atoms with Gasteiger partial charge in [0.05, 0.1) is 5.39 Å². The minimum Gasteiger partial charge on any atom is -0.354 e. The van der Waals surface area contributed by atoms with Crippen molar-refractivity contribution < 1.29 is 4.39 Å². The zero-order valence-corrected chi connectivity index (χ0v) is 13.5. The standard InChI is InChI=1S/C16H20FN5O2/c1-8(18)9-4-5-21(7-9)14-12(17)6-11-13(19-14)22(10-2-3-10)16(24)20-15(11)23/h6,8-10H,2-5,7,18H2,1H3,(H,20,23,24)/t8-,9+/m1/s1. The van der Waals surface area contributed by atoms with Gasteiger partial charge in [0, 0.05) is 25.2 Å². The first kappa shape index (κ1) is 15.3. The molecule has 1 saturated carbocycles. The molecular weight excluding hydrogens is 313 g/mol. The molecule has 7 nitrogen and oxygen atoms in total. The van der Waals surface area contributed by atoms with Gasteiger partial charge in [0.15, 0.2) is 17.3 Å². The van der Waals surface area contributed by atoms with Crippen LogP contribution in [0, 0.1) is 11.7 Å². The lowest BCUT2D eigenvalue weighted by molar-refractivity contribution is 0.487. The third-order valence-corrected chi connectivity index (χ3v) is 5.03. The summed E-state index contributed by atoms with van der Waals surface area (Å²) in [6, 6.07) is 1.26. The summed E-state index contributed by atoms with van der Waals surface area (Å²) in [5.41, 5.74) is 5.14. The molecule has 0 unspecified atom stereocenters. The normalized spacial score (nSPS) is 22.3. The molecule has 0 bridgehead atoms. The number of hydrogen-bond donors (Lipinski definition) is 2. The molecule has 24 heavy (non-hydrogen) atoms. The van der Waals surface area contributed by atoms with Gasteiger partial charge in [-0.2, -0.15) is 0 Å². The molecule has 1 saturated heterocycles. The van der Waals surface area contributed by atoms with Crippen LogP contribution in [0.4, 0.5) is 10.2 Å². The third kappa shape index (κ3) is 2.41. The van der Waals surface area contributed by atoms with Crippen LogP contribution in [0.2, 0.25) is 0 Å². The summed E-state index contributed by atoms with van der Waals surface area (Å²) in [7, 11) is 0. The fraction of sp³-hybridized carbons (Fsp3) is 0.562. The second-order valence-corrected chi connectivity index (χ2v) is 6.88. The van der Waals surface area contributed by atoms with Crippen LogP contribution in [-0.4, -0.2) is 33.7 Å². The van der Waals surface area contributed by atoms with Crippen molar-refractivity contribution in [1.29, 1.82) is 0 Å². The number of pyridine rings is 1. The Kier molecular flexibility index (Phi) is 3.45. The highest BCUT2D eigenvalue weighted by Crippen LogP contribution is 2.35. The number of anilines is 1. The molecule has 2 aromatic heterocycles. The summed E-state index contributed by atoms with van der Waals surface area (Å²) in [4.78, 5) is 32.6. The van der Waals surface area contributed by atoms with Crippen LogP contribution >= 0.6 is 0 Å². The van der Waals surface area contributed by atoms with Gasteiger partial charge in [0.25, 0.3) is 5.56 Å². The van der Waals surface area contributed by atoms with Crippen molar-refractivity contribution in [2.45, 2.75) is 38.3 Å². The van der Waals surface area contributed by atoms with Crippen molar-refractivity contribution in [1.82, 2.24) is 14.5 Å². The van der Waals surface area contributed by atoms with Crippen LogP contribution < -0.4 is 21.9 Å². The van der Waals surface area contributed by atoms with Gasteiger partial charge in [-0.3, -0.25) is 14.3 Å². The molecule has 1 aliphatic carbocycles. The van der Waals surface area contributed by atoms with E-state index in [-0.39, 0.29) is 34.9 Å². The Morgan fingerprint density at radius 2 is 2.12 bits per heavy atom. The van der Waals surface area contributed by atoms with Gasteiger partial charge in [0.2, 0.25) is 0 Å². The molecule has 0 amide bonds. The molecule has 3 heterocycles. The molecule has 2 aliphatic rings. The zero-order valence-electron chi connectivity index (χ0n) is 13.5. The molecule has 0 aromatic carbocycles. The van der Waals surface area contributed by atoms with Crippen molar-refractivity contribution in [3.63, 3.8) is 0 Å². The topological polar surface area (TPSA) is 97.0 Å². The lowest BCUT2D eigenvalue weighted by Gasteiger charge is -2.20. The van der Waals surface area contributed by atoms with Gasteiger partial charge in [0.1, 0.15) is 0 Å². The van der Waals surface area contributed by atoms with E-state index in [0.29, 0.717) is 13.1 Å². The van der Waals surface area contributed by atoms with Crippen LogP contribution in [0.25, 0.3) is 11.0 Å². The van der Waals surface area contributed by atoms with Crippen LogP contribution in [0.3, 0.4) is 0 Å². The van der Waals surface area contributed by atoms with Crippen LogP contribution in [0.15, 0.2) is 15.7 Å². The van der Waals surface area contributed by atoms with E-state index in [9.17, 15) is 14.0 Å². The highest BCUT2D eigenvalue weighted by atomic mass is 19.1. The number of nitrogens with one attached hydrogen (secondary N) is 1. The van der Waals surface area contributed by atoms with E-state index in [1.807, 2.05) is 11.8 Å². The van der Waals surface area contributed by atoms with Crippen molar-refractivity contribution in [3.05, 3.63) is 32.7 Å². The Bertz CT molecular complexity index is 915. The Balaban J connectivity index is 1.86. The van der Waals surface area contributed by atoms with Crippen molar-refractivity contribution >= 4 is 16.9 Å². The molecular formula is C16H20FN5O2. The molecule has 0 spiro atoms. The molecule has 0 radical (unpaired) electrons. The first-order valence-electron chi connectivity index (χ1n) is 8.31. The zero-order chi connectivity index (χ0) is 17.0. The monoisotopic (exact) mass is 333 g/mol. The first-order valence-corrected chi connectivity index (χ1v) is 8.31. The average molecular weight is 333 g/mol. The number of aromatic nitrogens is 3. The Labute approximate surface area is 137 Å². The number of nitrogens with zero attached hydrogens (tertiary/aromatic N) is 3. The third-order valence-electron chi connectivity index (χ3n) is 5.03. The maximum Gasteiger partial charge on any atom is 0.330 e. The molecule has 2 fully saturated rings. The summed E-state index contributed by atoms with van der Waals surface area (Å²) < 4.78 is 16.0. The van der Waals surface area contributed by atoms with E-state index >= 15 is 0 Å². The largest absolute Gasteiger partial charge is 0.354 e. The molecule has 4 rings (SSSR count). The summed E-state index contributed by atoms with van der Waals surface area (Å²) in [5, 5.41) is 0.116. The van der Waals surface area contributed by atoms with E-state index in [0.717, 1.165) is 19.3 Å². The lowest BCUT2D eigenvalue weighted by atomic mass is 10.0. The van der Waals surface area contributed by atoms with E-state index in [1.165, 1.54) is 10.6 Å². The Morgan fingerprint density at radius 1 is 1.38 bits per heavy atom. The Hall–Kier alpha value is -2.22. The number of rotatable bonds is 3. The second-order valence-electron chi connectivity index (χ2n) is 6.88. The van der Waals surface area contributed by atoms with Crippen LogP contribution in [0.5, 0.6) is 0 Å². The minimum atomic E-state index is -0.597. The lowest BCUT2D eigenvalue weighted by Crippen LogP contribution is -2.32. The predicted molar refractivity (Wildman–Crippen MR) is 88.8 cm³/mol. The molecule has 2 aromatic rings. The molecule has 3 N–H and O–H groups in total. The van der Waals surface area contributed by atoms with E-state index in [1.54, 1.807) is 0 Å². The highest BCUT2D eigenvalue weighted by molar-refractivity contribution is 5.76. The van der Waals surface area contributed by atoms with Gasteiger partial charge < -0.3 is 10.6 Å². The second kappa shape index (κ2) is 5.41. The number of nitrogens with two attached hydrogens (primary N) is 1. The fourth-order valence-electron chi connectivity index (χ4n) is 3.44. The van der Waals surface area contributed by atoms with Gasteiger partial charge in [-0.25, -0.2) is 14.2 Å². The van der Waals surface area contributed by atoms with Crippen molar-refractivity contribution in [2.24, 2.45) is 11.7 Å². The minimum absolute atomic E-state index is 0.0333. The summed E-state index contributed by atoms with van der Waals surface area (Å²) >= 11 is 0. The first-order chi connectivity index (χ1) is 11.5.